The molecule has 8 nitrogen and oxygen atoms in total. The van der Waals surface area contributed by atoms with Gasteiger partial charge in [0.1, 0.15) is 23.4 Å². The molecule has 0 atom stereocenters. The minimum atomic E-state index is -0.861. The molecular weight excluding hydrogens is 364 g/mol. The number of carbonyl (C=O) groups is 3. The largest absolute Gasteiger partial charge is 0.425 e. The number of carbonyl (C=O) groups excluding carboxylic acids is 3. The Kier molecular flexibility index (Phi) is 4.41. The van der Waals surface area contributed by atoms with Crippen LogP contribution in [-0.4, -0.2) is 34.9 Å². The van der Waals surface area contributed by atoms with Crippen molar-refractivity contribution in [2.24, 2.45) is 0 Å². The van der Waals surface area contributed by atoms with Crippen molar-refractivity contribution in [3.8, 4) is 5.75 Å². The Morgan fingerprint density at radius 1 is 1.21 bits per heavy atom. The minimum Gasteiger partial charge on any atom is -0.425 e. The van der Waals surface area contributed by atoms with Crippen molar-refractivity contribution < 1.29 is 23.5 Å². The molecule has 1 aliphatic carbocycles. The Morgan fingerprint density at radius 2 is 1.96 bits per heavy atom. The maximum Gasteiger partial charge on any atom is 0.336 e. The summed E-state index contributed by atoms with van der Waals surface area (Å²) in [4.78, 5) is 49.6. The number of hydrogen-bond donors (Lipinski definition) is 1. The highest BCUT2D eigenvalue weighted by Crippen LogP contribution is 2.35. The van der Waals surface area contributed by atoms with Crippen LogP contribution in [0.1, 0.15) is 38.2 Å². The molecule has 2 heterocycles. The number of ether oxygens (including phenoxy) is 1. The van der Waals surface area contributed by atoms with Gasteiger partial charge in [0.2, 0.25) is 0 Å². The van der Waals surface area contributed by atoms with E-state index in [1.807, 2.05) is 6.92 Å². The van der Waals surface area contributed by atoms with Gasteiger partial charge in [0.15, 0.2) is 0 Å². The molecule has 0 unspecified atom stereocenters. The van der Waals surface area contributed by atoms with Gasteiger partial charge in [-0.05, 0) is 37.0 Å². The van der Waals surface area contributed by atoms with Gasteiger partial charge in [-0.2, -0.15) is 0 Å². The number of imide groups is 1. The van der Waals surface area contributed by atoms with Crippen LogP contribution in [0.3, 0.4) is 0 Å². The summed E-state index contributed by atoms with van der Waals surface area (Å²) in [6.07, 6.45) is 3.58. The number of esters is 1. The van der Waals surface area contributed by atoms with Crippen LogP contribution in [0.2, 0.25) is 0 Å². The molecule has 1 aliphatic heterocycles. The lowest BCUT2D eigenvalue weighted by Crippen LogP contribution is -2.44. The van der Waals surface area contributed by atoms with Crippen LogP contribution in [-0.2, 0) is 16.0 Å². The second-order valence-corrected chi connectivity index (χ2v) is 7.19. The standard InChI is InChI=1S/C20H20N2O6/c1-2-12-9-16(23)28-15-10-13(5-6-14(12)15)27-17(24)11-22-18(25)20(21-19(22)26)7-3-4-8-20/h5-6,9-10H,2-4,7-8,11H2,1H3,(H,21,26). The molecule has 2 aliphatic rings. The van der Waals surface area contributed by atoms with Crippen molar-refractivity contribution in [3.05, 3.63) is 40.2 Å². The molecule has 1 aromatic heterocycles. The Balaban J connectivity index is 1.50. The number of hydrogen-bond acceptors (Lipinski definition) is 6. The number of nitrogens with one attached hydrogen (secondary N) is 1. The molecule has 1 aromatic carbocycles. The number of aryl methyl sites for hydroxylation is 1. The lowest BCUT2D eigenvalue weighted by molar-refractivity contribution is -0.140. The Labute approximate surface area is 160 Å². The Hall–Kier alpha value is -3.16. The predicted molar refractivity (Wildman–Crippen MR) is 98.9 cm³/mol. The second-order valence-electron chi connectivity index (χ2n) is 7.19. The van der Waals surface area contributed by atoms with Gasteiger partial charge in [-0.1, -0.05) is 19.8 Å². The van der Waals surface area contributed by atoms with E-state index < -0.39 is 29.7 Å². The summed E-state index contributed by atoms with van der Waals surface area (Å²) in [6.45, 7) is 1.46. The van der Waals surface area contributed by atoms with Gasteiger partial charge in [0.25, 0.3) is 5.91 Å². The SMILES string of the molecule is CCc1cc(=O)oc2cc(OC(=O)CN3C(=O)NC4(CCCC4)C3=O)ccc12. The summed E-state index contributed by atoms with van der Waals surface area (Å²) in [6, 6.07) is 5.62. The van der Waals surface area contributed by atoms with Crippen LogP contribution in [0.25, 0.3) is 11.0 Å². The molecule has 3 amide bonds. The number of rotatable bonds is 4. The molecular formula is C20H20N2O6. The van der Waals surface area contributed by atoms with Crippen LogP contribution in [0.15, 0.2) is 33.5 Å². The quantitative estimate of drug-likeness (QED) is 0.375. The van der Waals surface area contributed by atoms with Gasteiger partial charge in [0.05, 0.1) is 0 Å². The van der Waals surface area contributed by atoms with Crippen LogP contribution in [0, 0.1) is 0 Å². The second kappa shape index (κ2) is 6.78. The van der Waals surface area contributed by atoms with E-state index >= 15 is 0 Å². The van der Waals surface area contributed by atoms with E-state index in [1.165, 1.54) is 12.1 Å². The van der Waals surface area contributed by atoms with Crippen molar-refractivity contribution in [2.75, 3.05) is 6.54 Å². The average molecular weight is 384 g/mol. The summed E-state index contributed by atoms with van der Waals surface area (Å²) in [7, 11) is 0. The number of nitrogens with zero attached hydrogens (tertiary/aromatic N) is 1. The molecule has 0 radical (unpaired) electrons. The first-order valence-corrected chi connectivity index (χ1v) is 9.33. The highest BCUT2D eigenvalue weighted by atomic mass is 16.5. The van der Waals surface area contributed by atoms with E-state index in [9.17, 15) is 19.2 Å². The molecule has 28 heavy (non-hydrogen) atoms. The van der Waals surface area contributed by atoms with Gasteiger partial charge in [0, 0.05) is 17.5 Å². The minimum absolute atomic E-state index is 0.177. The first-order chi connectivity index (χ1) is 13.4. The molecule has 8 heteroatoms. The van der Waals surface area contributed by atoms with E-state index in [4.69, 9.17) is 9.15 Å². The summed E-state index contributed by atoms with van der Waals surface area (Å²) in [5.74, 6) is -0.938. The molecule has 0 bridgehead atoms. The Bertz CT molecular complexity index is 1030. The number of urea groups is 1. The monoisotopic (exact) mass is 384 g/mol. The maximum absolute atomic E-state index is 12.6. The Morgan fingerprint density at radius 3 is 2.68 bits per heavy atom. The predicted octanol–water partition coefficient (Wildman–Crippen LogP) is 2.13. The van der Waals surface area contributed by atoms with Gasteiger partial charge >= 0.3 is 17.6 Å². The lowest BCUT2D eigenvalue weighted by Gasteiger charge is -2.19. The molecule has 4 rings (SSSR count). The van der Waals surface area contributed by atoms with Gasteiger partial charge < -0.3 is 14.5 Å². The van der Waals surface area contributed by atoms with Crippen LogP contribution < -0.4 is 15.7 Å². The molecule has 1 spiro atoms. The molecule has 1 saturated carbocycles. The number of benzene rings is 1. The molecule has 2 aromatic rings. The van der Waals surface area contributed by atoms with Crippen molar-refractivity contribution >= 4 is 28.9 Å². The highest BCUT2D eigenvalue weighted by Gasteiger charge is 2.52. The highest BCUT2D eigenvalue weighted by molar-refractivity contribution is 6.09. The van der Waals surface area contributed by atoms with Gasteiger partial charge in [-0.15, -0.1) is 0 Å². The fraction of sp³-hybridized carbons (Fsp3) is 0.400. The van der Waals surface area contributed by atoms with E-state index in [0.717, 1.165) is 28.7 Å². The molecule has 1 N–H and O–H groups in total. The lowest BCUT2D eigenvalue weighted by atomic mass is 9.98. The van der Waals surface area contributed by atoms with Crippen LogP contribution in [0.4, 0.5) is 4.79 Å². The van der Waals surface area contributed by atoms with Gasteiger partial charge in [-0.25, -0.2) is 14.4 Å². The molecule has 1 saturated heterocycles. The van der Waals surface area contributed by atoms with E-state index in [2.05, 4.69) is 5.32 Å². The number of amides is 3. The first-order valence-electron chi connectivity index (χ1n) is 9.33. The smallest absolute Gasteiger partial charge is 0.336 e. The summed E-state index contributed by atoms with van der Waals surface area (Å²) >= 11 is 0. The average Bonchev–Trinajstić information content (AvgIpc) is 3.21. The zero-order valence-corrected chi connectivity index (χ0v) is 15.4. The topological polar surface area (TPSA) is 106 Å². The molecule has 146 valence electrons. The van der Waals surface area contributed by atoms with Crippen LogP contribution >= 0.6 is 0 Å². The summed E-state index contributed by atoms with van der Waals surface area (Å²) < 4.78 is 10.5. The van der Waals surface area contributed by atoms with Crippen molar-refractivity contribution in [1.29, 1.82) is 0 Å². The van der Waals surface area contributed by atoms with E-state index in [0.29, 0.717) is 24.8 Å². The van der Waals surface area contributed by atoms with Crippen molar-refractivity contribution in [3.63, 3.8) is 0 Å². The summed E-state index contributed by atoms with van der Waals surface area (Å²) in [5, 5.41) is 3.48. The number of fused-ring (bicyclic) bond motifs is 1. The van der Waals surface area contributed by atoms with E-state index in [-0.39, 0.29) is 11.7 Å². The van der Waals surface area contributed by atoms with Gasteiger partial charge in [-0.3, -0.25) is 9.69 Å². The van der Waals surface area contributed by atoms with E-state index in [1.54, 1.807) is 12.1 Å². The zero-order chi connectivity index (χ0) is 19.9. The fourth-order valence-corrected chi connectivity index (χ4v) is 4.00. The fourth-order valence-electron chi connectivity index (χ4n) is 4.00. The normalized spacial score (nSPS) is 18.1. The van der Waals surface area contributed by atoms with Crippen molar-refractivity contribution in [1.82, 2.24) is 10.2 Å². The molecule has 2 fully saturated rings. The first kappa shape index (κ1) is 18.2. The zero-order valence-electron chi connectivity index (χ0n) is 15.4. The summed E-state index contributed by atoms with van der Waals surface area (Å²) in [5.41, 5.74) is -0.186. The third-order valence-corrected chi connectivity index (χ3v) is 5.40. The maximum atomic E-state index is 12.6. The van der Waals surface area contributed by atoms with Crippen LogP contribution in [0.5, 0.6) is 5.75 Å². The third-order valence-electron chi connectivity index (χ3n) is 5.40. The third kappa shape index (κ3) is 3.04. The van der Waals surface area contributed by atoms with Crippen molar-refractivity contribution in [2.45, 2.75) is 44.6 Å².